The van der Waals surface area contributed by atoms with Crippen LogP contribution < -0.4 is 0 Å². The summed E-state index contributed by atoms with van der Waals surface area (Å²) in [6.45, 7) is 3.47. The fourth-order valence-electron chi connectivity index (χ4n) is 4.71. The number of aliphatic carboxylic acids is 1. The Morgan fingerprint density at radius 3 is 1.91 bits per heavy atom. The van der Waals surface area contributed by atoms with Crippen molar-refractivity contribution in [2.24, 2.45) is 11.8 Å². The number of nitrogens with zero attached hydrogens (tertiary/aromatic N) is 2. The van der Waals surface area contributed by atoms with Crippen LogP contribution in [0.5, 0.6) is 0 Å². The zero-order valence-electron chi connectivity index (χ0n) is 14.1. The SMILES string of the molecule is O=C(O)[C@H]1CCCC[C@H]1C(=O)N1CCN(C2CCCCC2)CC1. The molecule has 0 radical (unpaired) electrons. The minimum absolute atomic E-state index is 0.0976. The number of carbonyl (C=O) groups is 2. The molecule has 1 amide bonds. The second-order valence-corrected chi connectivity index (χ2v) is 7.49. The first-order chi connectivity index (χ1) is 11.2. The van der Waals surface area contributed by atoms with Gasteiger partial charge in [-0.05, 0) is 25.7 Å². The number of amides is 1. The Morgan fingerprint density at radius 1 is 0.739 bits per heavy atom. The van der Waals surface area contributed by atoms with Crippen LogP contribution in [-0.4, -0.2) is 59.0 Å². The van der Waals surface area contributed by atoms with Gasteiger partial charge in [0.2, 0.25) is 5.91 Å². The molecule has 1 aliphatic heterocycles. The highest BCUT2D eigenvalue weighted by Gasteiger charge is 2.38. The van der Waals surface area contributed by atoms with Crippen molar-refractivity contribution in [2.45, 2.75) is 63.8 Å². The summed E-state index contributed by atoms with van der Waals surface area (Å²) in [5, 5.41) is 9.39. The van der Waals surface area contributed by atoms with E-state index in [0.717, 1.165) is 45.4 Å². The lowest BCUT2D eigenvalue weighted by Gasteiger charge is -2.42. The second-order valence-electron chi connectivity index (χ2n) is 7.49. The van der Waals surface area contributed by atoms with E-state index in [4.69, 9.17) is 0 Å². The first-order valence-electron chi connectivity index (χ1n) is 9.42. The Hall–Kier alpha value is -1.10. The van der Waals surface area contributed by atoms with Gasteiger partial charge >= 0.3 is 5.97 Å². The maximum Gasteiger partial charge on any atom is 0.307 e. The molecule has 3 aliphatic rings. The van der Waals surface area contributed by atoms with Crippen LogP contribution in [0.4, 0.5) is 0 Å². The van der Waals surface area contributed by atoms with Gasteiger partial charge in [-0.15, -0.1) is 0 Å². The van der Waals surface area contributed by atoms with E-state index in [1.54, 1.807) is 0 Å². The van der Waals surface area contributed by atoms with Gasteiger partial charge in [0.05, 0.1) is 11.8 Å². The van der Waals surface area contributed by atoms with Crippen molar-refractivity contribution < 1.29 is 14.7 Å². The largest absolute Gasteiger partial charge is 0.481 e. The molecule has 1 saturated heterocycles. The zero-order chi connectivity index (χ0) is 16.2. The number of hydrogen-bond acceptors (Lipinski definition) is 3. The van der Waals surface area contributed by atoms with Gasteiger partial charge in [-0.1, -0.05) is 32.1 Å². The van der Waals surface area contributed by atoms with Crippen molar-refractivity contribution in [2.75, 3.05) is 26.2 Å². The minimum atomic E-state index is -0.788. The van der Waals surface area contributed by atoms with Crippen LogP contribution in [0.3, 0.4) is 0 Å². The zero-order valence-corrected chi connectivity index (χ0v) is 14.1. The van der Waals surface area contributed by atoms with E-state index in [9.17, 15) is 14.7 Å². The van der Waals surface area contributed by atoms with Crippen LogP contribution in [0.1, 0.15) is 57.8 Å². The third-order valence-electron chi connectivity index (χ3n) is 6.12. The summed E-state index contributed by atoms with van der Waals surface area (Å²) in [5.74, 6) is -1.45. The van der Waals surface area contributed by atoms with Crippen LogP contribution in [0.2, 0.25) is 0 Å². The van der Waals surface area contributed by atoms with Crippen molar-refractivity contribution >= 4 is 11.9 Å². The summed E-state index contributed by atoms with van der Waals surface area (Å²) in [4.78, 5) is 28.7. The monoisotopic (exact) mass is 322 g/mol. The number of carboxylic acids is 1. The molecule has 2 atom stereocenters. The Bertz CT molecular complexity index is 426. The Morgan fingerprint density at radius 2 is 1.30 bits per heavy atom. The highest BCUT2D eigenvalue weighted by atomic mass is 16.4. The molecule has 0 aromatic heterocycles. The Kier molecular flexibility index (Phi) is 5.57. The van der Waals surface area contributed by atoms with Crippen LogP contribution in [0.25, 0.3) is 0 Å². The third kappa shape index (κ3) is 3.87. The van der Waals surface area contributed by atoms with Gasteiger partial charge < -0.3 is 10.0 Å². The lowest BCUT2D eigenvalue weighted by Crippen LogP contribution is -2.54. The predicted octanol–water partition coefficient (Wildman–Crippen LogP) is 2.35. The molecule has 5 heteroatoms. The van der Waals surface area contributed by atoms with Crippen molar-refractivity contribution in [1.29, 1.82) is 0 Å². The summed E-state index contributed by atoms with van der Waals surface area (Å²) >= 11 is 0. The lowest BCUT2D eigenvalue weighted by molar-refractivity contribution is -0.153. The molecule has 0 unspecified atom stereocenters. The van der Waals surface area contributed by atoms with Crippen LogP contribution in [0.15, 0.2) is 0 Å². The maximum absolute atomic E-state index is 12.8. The highest BCUT2D eigenvalue weighted by Crippen LogP contribution is 2.32. The van der Waals surface area contributed by atoms with Crippen LogP contribution in [0, 0.1) is 11.8 Å². The van der Waals surface area contributed by atoms with Crippen molar-refractivity contribution in [1.82, 2.24) is 9.80 Å². The normalized spacial score (nSPS) is 31.0. The molecule has 0 aromatic rings. The van der Waals surface area contributed by atoms with E-state index < -0.39 is 11.9 Å². The molecule has 3 fully saturated rings. The van der Waals surface area contributed by atoms with E-state index in [1.807, 2.05) is 4.90 Å². The minimum Gasteiger partial charge on any atom is -0.481 e. The topological polar surface area (TPSA) is 60.9 Å². The smallest absolute Gasteiger partial charge is 0.307 e. The average molecular weight is 322 g/mol. The van der Waals surface area contributed by atoms with Gasteiger partial charge in [0.25, 0.3) is 0 Å². The fourth-order valence-corrected chi connectivity index (χ4v) is 4.71. The van der Waals surface area contributed by atoms with E-state index in [0.29, 0.717) is 12.5 Å². The Labute approximate surface area is 139 Å². The number of rotatable bonds is 3. The fraction of sp³-hybridized carbons (Fsp3) is 0.889. The molecule has 5 nitrogen and oxygen atoms in total. The first kappa shape index (κ1) is 16.7. The standard InChI is InChI=1S/C18H30N2O3/c21-17(15-8-4-5-9-16(15)18(22)23)20-12-10-19(11-13-20)14-6-2-1-3-7-14/h14-16H,1-13H2,(H,22,23)/t15-,16+/m1/s1. The number of piperazine rings is 1. The molecular weight excluding hydrogens is 292 g/mol. The molecule has 0 aromatic carbocycles. The average Bonchev–Trinajstić information content (AvgIpc) is 2.62. The molecule has 130 valence electrons. The summed E-state index contributed by atoms with van der Waals surface area (Å²) < 4.78 is 0. The van der Waals surface area contributed by atoms with E-state index >= 15 is 0 Å². The molecule has 1 N–H and O–H groups in total. The van der Waals surface area contributed by atoms with Crippen LogP contribution in [-0.2, 0) is 9.59 Å². The quantitative estimate of drug-likeness (QED) is 0.866. The summed E-state index contributed by atoms with van der Waals surface area (Å²) in [5.41, 5.74) is 0. The molecule has 23 heavy (non-hydrogen) atoms. The van der Waals surface area contributed by atoms with E-state index in [-0.39, 0.29) is 11.8 Å². The van der Waals surface area contributed by atoms with E-state index in [1.165, 1.54) is 32.1 Å². The molecule has 1 heterocycles. The predicted molar refractivity (Wildman–Crippen MR) is 88.1 cm³/mol. The van der Waals surface area contributed by atoms with Gasteiger partial charge in [0.1, 0.15) is 0 Å². The second kappa shape index (κ2) is 7.65. The van der Waals surface area contributed by atoms with E-state index in [2.05, 4.69) is 4.90 Å². The third-order valence-corrected chi connectivity index (χ3v) is 6.12. The maximum atomic E-state index is 12.8. The van der Waals surface area contributed by atoms with Gasteiger partial charge in [-0.3, -0.25) is 14.5 Å². The van der Waals surface area contributed by atoms with Gasteiger partial charge in [0.15, 0.2) is 0 Å². The molecule has 2 saturated carbocycles. The molecule has 2 aliphatic carbocycles. The van der Waals surface area contributed by atoms with Crippen LogP contribution >= 0.6 is 0 Å². The van der Waals surface area contributed by atoms with Gasteiger partial charge in [0, 0.05) is 32.2 Å². The number of carbonyl (C=O) groups excluding carboxylic acids is 1. The summed E-state index contributed by atoms with van der Waals surface area (Å²) in [7, 11) is 0. The lowest BCUT2D eigenvalue weighted by atomic mass is 9.78. The molecular formula is C18H30N2O3. The molecule has 0 bridgehead atoms. The summed E-state index contributed by atoms with van der Waals surface area (Å²) in [6, 6.07) is 0.711. The van der Waals surface area contributed by atoms with Crippen molar-refractivity contribution in [3.05, 3.63) is 0 Å². The Balaban J connectivity index is 1.54. The van der Waals surface area contributed by atoms with Gasteiger partial charge in [-0.25, -0.2) is 0 Å². The first-order valence-corrected chi connectivity index (χ1v) is 9.42. The molecule has 3 rings (SSSR count). The molecule has 0 spiro atoms. The van der Waals surface area contributed by atoms with Gasteiger partial charge in [-0.2, -0.15) is 0 Å². The summed E-state index contributed by atoms with van der Waals surface area (Å²) in [6.07, 6.45) is 9.99. The number of carboxylic acid groups (broad SMARTS) is 1. The number of hydrogen-bond donors (Lipinski definition) is 1. The van der Waals surface area contributed by atoms with Crippen molar-refractivity contribution in [3.8, 4) is 0 Å². The van der Waals surface area contributed by atoms with Crippen molar-refractivity contribution in [3.63, 3.8) is 0 Å². The highest BCUT2D eigenvalue weighted by molar-refractivity contribution is 5.85.